The summed E-state index contributed by atoms with van der Waals surface area (Å²) in [4.78, 5) is 2.40. The average molecular weight is 185 g/mol. The summed E-state index contributed by atoms with van der Waals surface area (Å²) in [6, 6.07) is 0.617. The molecule has 1 heterocycles. The molecular formula is C11H23NO. The lowest BCUT2D eigenvalue weighted by Crippen LogP contribution is -2.39. The molecule has 1 aliphatic rings. The number of hydrogen-bond acceptors (Lipinski definition) is 2. The van der Waals surface area contributed by atoms with E-state index < -0.39 is 0 Å². The van der Waals surface area contributed by atoms with Gasteiger partial charge in [0.25, 0.3) is 0 Å². The summed E-state index contributed by atoms with van der Waals surface area (Å²) in [7, 11) is 2.18. The van der Waals surface area contributed by atoms with E-state index in [9.17, 15) is 5.11 Å². The number of nitrogens with zero attached hydrogens (tertiary/aromatic N) is 1. The Hall–Kier alpha value is -0.0800. The third kappa shape index (κ3) is 3.28. The lowest BCUT2D eigenvalue weighted by Gasteiger charge is -2.34. The minimum atomic E-state index is -0.120. The van der Waals surface area contributed by atoms with Crippen LogP contribution in [0.3, 0.4) is 0 Å². The van der Waals surface area contributed by atoms with Gasteiger partial charge < -0.3 is 10.0 Å². The number of hydrogen-bond donors (Lipinski definition) is 1. The standard InChI is InChI=1S/C11H23NO/c1-9(2)11(13)8-10-6-4-5-7-12(10)3/h9-11,13H,4-8H2,1-3H3. The van der Waals surface area contributed by atoms with E-state index in [-0.39, 0.29) is 6.10 Å². The second-order valence-electron chi connectivity index (χ2n) is 4.68. The summed E-state index contributed by atoms with van der Waals surface area (Å²) in [6.45, 7) is 5.39. The van der Waals surface area contributed by atoms with Crippen LogP contribution in [0.1, 0.15) is 39.5 Å². The molecule has 0 radical (unpaired) electrons. The Morgan fingerprint density at radius 2 is 2.08 bits per heavy atom. The van der Waals surface area contributed by atoms with Crippen LogP contribution in [-0.2, 0) is 0 Å². The summed E-state index contributed by atoms with van der Waals surface area (Å²) in [5.41, 5.74) is 0. The molecule has 0 aromatic carbocycles. The highest BCUT2D eigenvalue weighted by atomic mass is 16.3. The summed E-state index contributed by atoms with van der Waals surface area (Å²) < 4.78 is 0. The molecule has 2 heteroatoms. The maximum atomic E-state index is 9.77. The van der Waals surface area contributed by atoms with Crippen LogP contribution in [0.4, 0.5) is 0 Å². The highest BCUT2D eigenvalue weighted by Gasteiger charge is 2.22. The van der Waals surface area contributed by atoms with Gasteiger partial charge in [0, 0.05) is 6.04 Å². The van der Waals surface area contributed by atoms with Crippen LogP contribution in [0, 0.1) is 5.92 Å². The lowest BCUT2D eigenvalue weighted by atomic mass is 9.93. The first-order valence-corrected chi connectivity index (χ1v) is 5.49. The minimum Gasteiger partial charge on any atom is -0.393 e. The van der Waals surface area contributed by atoms with Crippen molar-refractivity contribution in [3.8, 4) is 0 Å². The Morgan fingerprint density at radius 3 is 2.62 bits per heavy atom. The van der Waals surface area contributed by atoms with Gasteiger partial charge in [-0.25, -0.2) is 0 Å². The monoisotopic (exact) mass is 185 g/mol. The van der Waals surface area contributed by atoms with Crippen LogP contribution in [0.15, 0.2) is 0 Å². The van der Waals surface area contributed by atoms with Crippen LogP contribution in [0.25, 0.3) is 0 Å². The first-order valence-electron chi connectivity index (χ1n) is 5.49. The van der Waals surface area contributed by atoms with Crippen molar-refractivity contribution in [2.75, 3.05) is 13.6 Å². The normalized spacial score (nSPS) is 27.9. The first-order chi connectivity index (χ1) is 6.11. The summed E-state index contributed by atoms with van der Waals surface area (Å²) in [5.74, 6) is 0.398. The second kappa shape index (κ2) is 4.97. The molecule has 78 valence electrons. The zero-order valence-electron chi connectivity index (χ0n) is 9.16. The predicted molar refractivity (Wildman–Crippen MR) is 55.7 cm³/mol. The number of piperidine rings is 1. The van der Waals surface area contributed by atoms with Gasteiger partial charge in [-0.15, -0.1) is 0 Å². The fraction of sp³-hybridized carbons (Fsp3) is 1.00. The Morgan fingerprint density at radius 1 is 1.38 bits per heavy atom. The molecule has 1 rings (SSSR count). The SMILES string of the molecule is CC(C)C(O)CC1CCCCN1C. The second-order valence-corrected chi connectivity index (χ2v) is 4.68. The Kier molecular flexibility index (Phi) is 4.20. The fourth-order valence-electron chi connectivity index (χ4n) is 1.99. The molecule has 1 saturated heterocycles. The molecule has 2 unspecified atom stereocenters. The fourth-order valence-corrected chi connectivity index (χ4v) is 1.99. The largest absolute Gasteiger partial charge is 0.393 e. The first kappa shape index (κ1) is 11.0. The van der Waals surface area contributed by atoms with Crippen LogP contribution >= 0.6 is 0 Å². The van der Waals surface area contributed by atoms with Crippen molar-refractivity contribution in [3.63, 3.8) is 0 Å². The number of aliphatic hydroxyl groups excluding tert-OH is 1. The molecule has 1 fully saturated rings. The van der Waals surface area contributed by atoms with Crippen molar-refractivity contribution < 1.29 is 5.11 Å². The van der Waals surface area contributed by atoms with Crippen LogP contribution in [0.5, 0.6) is 0 Å². The van der Waals surface area contributed by atoms with Gasteiger partial charge in [-0.05, 0) is 38.8 Å². The molecular weight excluding hydrogens is 162 g/mol. The maximum absolute atomic E-state index is 9.77. The van der Waals surface area contributed by atoms with Gasteiger partial charge in [0.1, 0.15) is 0 Å². The van der Waals surface area contributed by atoms with Crippen molar-refractivity contribution in [3.05, 3.63) is 0 Å². The summed E-state index contributed by atoms with van der Waals surface area (Å²) in [5, 5.41) is 9.77. The quantitative estimate of drug-likeness (QED) is 0.725. The van der Waals surface area contributed by atoms with Gasteiger partial charge in [0.2, 0.25) is 0 Å². The van der Waals surface area contributed by atoms with E-state index in [1.807, 2.05) is 0 Å². The number of likely N-dealkylation sites (tertiary alicyclic amines) is 1. The van der Waals surface area contributed by atoms with Crippen molar-refractivity contribution in [2.24, 2.45) is 5.92 Å². The molecule has 0 aromatic rings. The minimum absolute atomic E-state index is 0.120. The number of aliphatic hydroxyl groups is 1. The lowest BCUT2D eigenvalue weighted by molar-refractivity contribution is 0.0655. The Bertz CT molecular complexity index is 147. The van der Waals surface area contributed by atoms with Crippen LogP contribution in [0.2, 0.25) is 0 Å². The van der Waals surface area contributed by atoms with Gasteiger partial charge in [0.05, 0.1) is 6.10 Å². The van der Waals surface area contributed by atoms with Gasteiger partial charge in [-0.1, -0.05) is 20.3 Å². The smallest absolute Gasteiger partial charge is 0.0578 e. The van der Waals surface area contributed by atoms with Crippen molar-refractivity contribution in [1.29, 1.82) is 0 Å². The Balaban J connectivity index is 2.33. The van der Waals surface area contributed by atoms with E-state index in [4.69, 9.17) is 0 Å². The number of rotatable bonds is 3. The Labute approximate surface area is 81.9 Å². The van der Waals surface area contributed by atoms with E-state index in [0.717, 1.165) is 6.42 Å². The third-order valence-corrected chi connectivity index (χ3v) is 3.20. The molecule has 0 amide bonds. The highest BCUT2D eigenvalue weighted by Crippen LogP contribution is 2.21. The van der Waals surface area contributed by atoms with E-state index >= 15 is 0 Å². The third-order valence-electron chi connectivity index (χ3n) is 3.20. The molecule has 0 bridgehead atoms. The van der Waals surface area contributed by atoms with Crippen molar-refractivity contribution >= 4 is 0 Å². The topological polar surface area (TPSA) is 23.5 Å². The molecule has 0 spiro atoms. The molecule has 0 aliphatic carbocycles. The maximum Gasteiger partial charge on any atom is 0.0578 e. The van der Waals surface area contributed by atoms with Gasteiger partial charge in [-0.3, -0.25) is 0 Å². The van der Waals surface area contributed by atoms with E-state index in [1.54, 1.807) is 0 Å². The molecule has 2 atom stereocenters. The van der Waals surface area contributed by atoms with Gasteiger partial charge in [0.15, 0.2) is 0 Å². The zero-order valence-corrected chi connectivity index (χ0v) is 9.16. The van der Waals surface area contributed by atoms with Gasteiger partial charge >= 0.3 is 0 Å². The van der Waals surface area contributed by atoms with Crippen LogP contribution < -0.4 is 0 Å². The van der Waals surface area contributed by atoms with Crippen LogP contribution in [-0.4, -0.2) is 35.7 Å². The van der Waals surface area contributed by atoms with E-state index in [1.165, 1.54) is 25.8 Å². The predicted octanol–water partition coefficient (Wildman–Crippen LogP) is 1.88. The van der Waals surface area contributed by atoms with Crippen molar-refractivity contribution in [2.45, 2.75) is 51.7 Å². The highest BCUT2D eigenvalue weighted by molar-refractivity contribution is 4.77. The summed E-state index contributed by atoms with van der Waals surface area (Å²) >= 11 is 0. The molecule has 2 nitrogen and oxygen atoms in total. The molecule has 0 aromatic heterocycles. The zero-order chi connectivity index (χ0) is 9.84. The molecule has 0 saturated carbocycles. The van der Waals surface area contributed by atoms with Gasteiger partial charge in [-0.2, -0.15) is 0 Å². The van der Waals surface area contributed by atoms with E-state index in [2.05, 4.69) is 25.8 Å². The van der Waals surface area contributed by atoms with E-state index in [0.29, 0.717) is 12.0 Å². The molecule has 13 heavy (non-hydrogen) atoms. The molecule has 1 N–H and O–H groups in total. The molecule has 1 aliphatic heterocycles. The average Bonchev–Trinajstić information content (AvgIpc) is 2.08. The van der Waals surface area contributed by atoms with Crippen molar-refractivity contribution in [1.82, 2.24) is 4.90 Å². The summed E-state index contributed by atoms with van der Waals surface area (Å²) in [6.07, 6.45) is 4.75.